The highest BCUT2D eigenvalue weighted by molar-refractivity contribution is 5.16. The molecule has 0 saturated carbocycles. The van der Waals surface area contributed by atoms with Crippen molar-refractivity contribution in [2.75, 3.05) is 20.2 Å². The molecule has 0 bridgehead atoms. The van der Waals surface area contributed by atoms with Gasteiger partial charge in [0.15, 0.2) is 0 Å². The van der Waals surface area contributed by atoms with Crippen LogP contribution >= 0.6 is 0 Å². The van der Waals surface area contributed by atoms with Crippen LogP contribution in [0.2, 0.25) is 0 Å². The monoisotopic (exact) mass is 222 g/mol. The normalized spacial score (nSPS) is 19.9. The predicted octanol–water partition coefficient (Wildman–Crippen LogP) is 0.327. The van der Waals surface area contributed by atoms with E-state index in [1.54, 1.807) is 19.5 Å². The molecule has 0 unspecified atom stereocenters. The van der Waals surface area contributed by atoms with Gasteiger partial charge in [-0.3, -0.25) is 4.98 Å². The first-order chi connectivity index (χ1) is 7.90. The molecule has 1 aromatic rings. The van der Waals surface area contributed by atoms with Crippen molar-refractivity contribution in [3.63, 3.8) is 0 Å². The van der Waals surface area contributed by atoms with Crippen LogP contribution in [0.3, 0.4) is 0 Å². The summed E-state index contributed by atoms with van der Waals surface area (Å²) in [7, 11) is 1.62. The molecule has 2 rings (SSSR count). The zero-order valence-corrected chi connectivity index (χ0v) is 9.57. The molecule has 0 spiro atoms. The van der Waals surface area contributed by atoms with Gasteiger partial charge in [-0.1, -0.05) is 0 Å². The van der Waals surface area contributed by atoms with E-state index in [2.05, 4.69) is 20.6 Å². The SMILES string of the molecule is COc1nccnc1CNC[C@@H]1CCCN1. The summed E-state index contributed by atoms with van der Waals surface area (Å²) in [4.78, 5) is 8.35. The van der Waals surface area contributed by atoms with E-state index in [-0.39, 0.29) is 0 Å². The van der Waals surface area contributed by atoms with Gasteiger partial charge < -0.3 is 15.4 Å². The van der Waals surface area contributed by atoms with Crippen LogP contribution in [-0.2, 0) is 6.54 Å². The van der Waals surface area contributed by atoms with Gasteiger partial charge in [0, 0.05) is 31.5 Å². The third-order valence-corrected chi connectivity index (χ3v) is 2.77. The fraction of sp³-hybridized carbons (Fsp3) is 0.636. The number of nitrogens with zero attached hydrogens (tertiary/aromatic N) is 2. The molecular weight excluding hydrogens is 204 g/mol. The van der Waals surface area contributed by atoms with Gasteiger partial charge in [0.2, 0.25) is 5.88 Å². The fourth-order valence-corrected chi connectivity index (χ4v) is 1.94. The first-order valence-corrected chi connectivity index (χ1v) is 5.68. The summed E-state index contributed by atoms with van der Waals surface area (Å²) in [5.41, 5.74) is 0.864. The molecular formula is C11H18N4O. The molecule has 1 aliphatic rings. The van der Waals surface area contributed by atoms with Crippen molar-refractivity contribution in [2.24, 2.45) is 0 Å². The number of methoxy groups -OCH3 is 1. The Bertz CT molecular complexity index is 326. The van der Waals surface area contributed by atoms with Crippen LogP contribution in [0.4, 0.5) is 0 Å². The van der Waals surface area contributed by atoms with Gasteiger partial charge in [-0.05, 0) is 19.4 Å². The van der Waals surface area contributed by atoms with Crippen molar-refractivity contribution in [1.29, 1.82) is 0 Å². The molecule has 0 aromatic carbocycles. The molecule has 1 aromatic heterocycles. The molecule has 2 N–H and O–H groups in total. The molecule has 1 aliphatic heterocycles. The second-order valence-corrected chi connectivity index (χ2v) is 3.94. The van der Waals surface area contributed by atoms with E-state index in [0.29, 0.717) is 18.5 Å². The molecule has 0 aliphatic carbocycles. The zero-order chi connectivity index (χ0) is 11.2. The Hall–Kier alpha value is -1.20. The lowest BCUT2D eigenvalue weighted by atomic mass is 10.2. The minimum atomic E-state index is 0.600. The van der Waals surface area contributed by atoms with Crippen LogP contribution < -0.4 is 15.4 Å². The van der Waals surface area contributed by atoms with Crippen LogP contribution in [0.15, 0.2) is 12.4 Å². The Morgan fingerprint density at radius 1 is 1.50 bits per heavy atom. The van der Waals surface area contributed by atoms with Crippen molar-refractivity contribution in [3.05, 3.63) is 18.1 Å². The Morgan fingerprint density at radius 3 is 3.12 bits per heavy atom. The molecule has 16 heavy (non-hydrogen) atoms. The van der Waals surface area contributed by atoms with Crippen LogP contribution in [0, 0.1) is 0 Å². The quantitative estimate of drug-likeness (QED) is 0.751. The summed E-state index contributed by atoms with van der Waals surface area (Å²) in [6.07, 6.45) is 5.86. The van der Waals surface area contributed by atoms with E-state index in [1.807, 2.05) is 0 Å². The van der Waals surface area contributed by atoms with Crippen molar-refractivity contribution < 1.29 is 4.74 Å². The van der Waals surface area contributed by atoms with Gasteiger partial charge in [-0.15, -0.1) is 0 Å². The van der Waals surface area contributed by atoms with E-state index in [9.17, 15) is 0 Å². The predicted molar refractivity (Wildman–Crippen MR) is 61.3 cm³/mol. The number of nitrogens with one attached hydrogen (secondary N) is 2. The smallest absolute Gasteiger partial charge is 0.236 e. The summed E-state index contributed by atoms with van der Waals surface area (Å²) in [6.45, 7) is 2.82. The average molecular weight is 222 g/mol. The van der Waals surface area contributed by atoms with Crippen molar-refractivity contribution in [1.82, 2.24) is 20.6 Å². The Balaban J connectivity index is 1.79. The Kier molecular flexibility index (Phi) is 4.07. The Morgan fingerprint density at radius 2 is 2.38 bits per heavy atom. The number of hydrogen-bond acceptors (Lipinski definition) is 5. The largest absolute Gasteiger partial charge is 0.480 e. The number of hydrogen-bond donors (Lipinski definition) is 2. The second-order valence-electron chi connectivity index (χ2n) is 3.94. The van der Waals surface area contributed by atoms with E-state index >= 15 is 0 Å². The number of ether oxygens (including phenoxy) is 1. The summed E-state index contributed by atoms with van der Waals surface area (Å²) in [5, 5.41) is 6.82. The molecule has 5 heteroatoms. The minimum absolute atomic E-state index is 0.600. The molecule has 88 valence electrons. The first kappa shape index (κ1) is 11.3. The van der Waals surface area contributed by atoms with Crippen LogP contribution in [0.5, 0.6) is 5.88 Å². The van der Waals surface area contributed by atoms with Gasteiger partial charge >= 0.3 is 0 Å². The van der Waals surface area contributed by atoms with E-state index in [1.165, 1.54) is 12.8 Å². The fourth-order valence-electron chi connectivity index (χ4n) is 1.94. The summed E-state index contributed by atoms with van der Waals surface area (Å²) in [5.74, 6) is 0.606. The van der Waals surface area contributed by atoms with Crippen LogP contribution in [0.25, 0.3) is 0 Å². The second kappa shape index (κ2) is 5.77. The lowest BCUT2D eigenvalue weighted by Crippen LogP contribution is -2.33. The highest BCUT2D eigenvalue weighted by atomic mass is 16.5. The molecule has 1 saturated heterocycles. The van der Waals surface area contributed by atoms with Crippen molar-refractivity contribution in [2.45, 2.75) is 25.4 Å². The van der Waals surface area contributed by atoms with Crippen molar-refractivity contribution in [3.8, 4) is 5.88 Å². The maximum Gasteiger partial charge on any atom is 0.236 e. The van der Waals surface area contributed by atoms with Crippen LogP contribution in [0.1, 0.15) is 18.5 Å². The summed E-state index contributed by atoms with van der Waals surface area (Å²) < 4.78 is 5.14. The van der Waals surface area contributed by atoms with E-state index in [0.717, 1.165) is 18.8 Å². The van der Waals surface area contributed by atoms with Crippen LogP contribution in [-0.4, -0.2) is 36.2 Å². The molecule has 1 fully saturated rings. The molecule has 0 radical (unpaired) electrons. The molecule has 2 heterocycles. The van der Waals surface area contributed by atoms with Crippen molar-refractivity contribution >= 4 is 0 Å². The standard InChI is InChI=1S/C11H18N4O/c1-16-11-10(14-5-6-15-11)8-12-7-9-3-2-4-13-9/h5-6,9,12-13H,2-4,7-8H2,1H3/t9-/m0/s1. The Labute approximate surface area is 95.6 Å². The average Bonchev–Trinajstić information content (AvgIpc) is 2.83. The third kappa shape index (κ3) is 2.90. The number of aromatic nitrogens is 2. The van der Waals surface area contributed by atoms with E-state index in [4.69, 9.17) is 4.74 Å². The molecule has 0 amide bonds. The minimum Gasteiger partial charge on any atom is -0.480 e. The van der Waals surface area contributed by atoms with Gasteiger partial charge in [-0.2, -0.15) is 0 Å². The number of rotatable bonds is 5. The van der Waals surface area contributed by atoms with Gasteiger partial charge in [0.25, 0.3) is 0 Å². The summed E-state index contributed by atoms with van der Waals surface area (Å²) >= 11 is 0. The van der Waals surface area contributed by atoms with Gasteiger partial charge in [0.1, 0.15) is 5.69 Å². The lowest BCUT2D eigenvalue weighted by Gasteiger charge is -2.11. The summed E-state index contributed by atoms with van der Waals surface area (Å²) in [6, 6.07) is 0.600. The maximum atomic E-state index is 5.14. The highest BCUT2D eigenvalue weighted by Gasteiger charge is 2.13. The van der Waals surface area contributed by atoms with Gasteiger partial charge in [0.05, 0.1) is 7.11 Å². The highest BCUT2D eigenvalue weighted by Crippen LogP contribution is 2.10. The third-order valence-electron chi connectivity index (χ3n) is 2.77. The lowest BCUT2D eigenvalue weighted by molar-refractivity contribution is 0.386. The van der Waals surface area contributed by atoms with E-state index < -0.39 is 0 Å². The van der Waals surface area contributed by atoms with Gasteiger partial charge in [-0.25, -0.2) is 4.98 Å². The zero-order valence-electron chi connectivity index (χ0n) is 9.57. The first-order valence-electron chi connectivity index (χ1n) is 5.68. The maximum absolute atomic E-state index is 5.14. The molecule has 1 atom stereocenters. The molecule has 5 nitrogen and oxygen atoms in total. The topological polar surface area (TPSA) is 59.1 Å².